The lowest BCUT2D eigenvalue weighted by atomic mass is 9.96. The number of thiophene rings is 1. The van der Waals surface area contributed by atoms with Gasteiger partial charge in [0.1, 0.15) is 5.00 Å². The molecule has 26 heavy (non-hydrogen) atoms. The lowest BCUT2D eigenvalue weighted by Gasteiger charge is -2.11. The highest BCUT2D eigenvalue weighted by Crippen LogP contribution is 2.37. The zero-order valence-electron chi connectivity index (χ0n) is 15.2. The zero-order valence-corrected chi connectivity index (χ0v) is 16.0. The van der Waals surface area contributed by atoms with Gasteiger partial charge in [-0.15, -0.1) is 11.3 Å². The normalized spacial score (nSPS) is 14.0. The lowest BCUT2D eigenvalue weighted by Crippen LogP contribution is -2.17. The Balaban J connectivity index is 1.85. The molecule has 0 unspecified atom stereocenters. The second kappa shape index (κ2) is 8.99. The molecular formula is C21H25NO3S. The third-order valence-corrected chi connectivity index (χ3v) is 5.82. The summed E-state index contributed by atoms with van der Waals surface area (Å²) < 4.78 is 5.28. The molecule has 2 aromatic rings. The van der Waals surface area contributed by atoms with Gasteiger partial charge in [-0.05, 0) is 43.7 Å². The van der Waals surface area contributed by atoms with E-state index < -0.39 is 0 Å². The topological polar surface area (TPSA) is 55.4 Å². The van der Waals surface area contributed by atoms with Crippen molar-refractivity contribution in [1.82, 2.24) is 0 Å². The molecule has 4 nitrogen and oxygen atoms in total. The van der Waals surface area contributed by atoms with Crippen molar-refractivity contribution >= 4 is 28.2 Å². The Kier molecular flexibility index (Phi) is 6.45. The Morgan fingerprint density at radius 3 is 2.54 bits per heavy atom. The number of nitrogens with one attached hydrogen (secondary N) is 1. The van der Waals surface area contributed by atoms with Gasteiger partial charge in [0.2, 0.25) is 5.91 Å². The van der Waals surface area contributed by atoms with E-state index in [-0.39, 0.29) is 11.9 Å². The van der Waals surface area contributed by atoms with Crippen molar-refractivity contribution < 1.29 is 14.3 Å². The summed E-state index contributed by atoms with van der Waals surface area (Å²) in [6.07, 6.45) is 6.77. The molecule has 138 valence electrons. The number of fused-ring (bicyclic) bond motifs is 1. The summed E-state index contributed by atoms with van der Waals surface area (Å²) >= 11 is 1.54. The van der Waals surface area contributed by atoms with Crippen molar-refractivity contribution in [1.29, 1.82) is 0 Å². The van der Waals surface area contributed by atoms with Crippen LogP contribution in [0.1, 0.15) is 59.0 Å². The number of aryl methyl sites for hydroxylation is 1. The molecule has 3 rings (SSSR count). The standard InChI is InChI=1S/C21H25NO3S/c1-2-25-21(24)19-16-12-8-3-4-9-13-17(16)26-20(19)22-18(23)14-15-10-6-5-7-11-15/h5-7,10-11H,2-4,8-9,12-14H2,1H3,(H,22,23). The van der Waals surface area contributed by atoms with E-state index in [1.54, 1.807) is 11.3 Å². The average molecular weight is 372 g/mol. The van der Waals surface area contributed by atoms with Crippen LogP contribution >= 0.6 is 11.3 Å². The molecular weight excluding hydrogens is 346 g/mol. The molecule has 1 aliphatic rings. The van der Waals surface area contributed by atoms with Crippen molar-refractivity contribution in [2.45, 2.75) is 51.9 Å². The quantitative estimate of drug-likeness (QED) is 0.771. The van der Waals surface area contributed by atoms with E-state index in [1.165, 1.54) is 17.7 Å². The second-order valence-corrected chi connectivity index (χ2v) is 7.66. The van der Waals surface area contributed by atoms with Gasteiger partial charge < -0.3 is 10.1 Å². The van der Waals surface area contributed by atoms with Crippen LogP contribution < -0.4 is 5.32 Å². The maximum atomic E-state index is 12.6. The highest BCUT2D eigenvalue weighted by atomic mass is 32.1. The Morgan fingerprint density at radius 2 is 1.81 bits per heavy atom. The molecule has 0 fully saturated rings. The largest absolute Gasteiger partial charge is 0.462 e. The Bertz CT molecular complexity index is 767. The van der Waals surface area contributed by atoms with Gasteiger partial charge in [0, 0.05) is 4.88 Å². The summed E-state index contributed by atoms with van der Waals surface area (Å²) in [5.41, 5.74) is 2.62. The molecule has 0 bridgehead atoms. The van der Waals surface area contributed by atoms with Crippen LogP contribution in [0.2, 0.25) is 0 Å². The number of ether oxygens (including phenoxy) is 1. The first-order valence-corrected chi connectivity index (χ1v) is 10.2. The number of amides is 1. The first-order chi connectivity index (χ1) is 12.7. The molecule has 1 aromatic carbocycles. The lowest BCUT2D eigenvalue weighted by molar-refractivity contribution is -0.115. The molecule has 0 atom stereocenters. The van der Waals surface area contributed by atoms with Crippen molar-refractivity contribution in [3.8, 4) is 0 Å². The van der Waals surface area contributed by atoms with E-state index in [0.717, 1.165) is 36.8 Å². The van der Waals surface area contributed by atoms with E-state index in [4.69, 9.17) is 4.74 Å². The highest BCUT2D eigenvalue weighted by molar-refractivity contribution is 7.17. The minimum atomic E-state index is -0.319. The molecule has 1 aliphatic carbocycles. The third kappa shape index (κ3) is 4.52. The summed E-state index contributed by atoms with van der Waals surface area (Å²) in [6.45, 7) is 2.14. The SMILES string of the molecule is CCOC(=O)c1c(NC(=O)Cc2ccccc2)sc2c1CCCCCC2. The molecule has 0 radical (unpaired) electrons. The van der Waals surface area contributed by atoms with E-state index >= 15 is 0 Å². The highest BCUT2D eigenvalue weighted by Gasteiger charge is 2.26. The van der Waals surface area contributed by atoms with Crippen LogP contribution in [0, 0.1) is 0 Å². The van der Waals surface area contributed by atoms with Gasteiger partial charge in [0.05, 0.1) is 18.6 Å². The zero-order chi connectivity index (χ0) is 18.4. The van der Waals surface area contributed by atoms with Crippen LogP contribution in [0.5, 0.6) is 0 Å². The summed E-state index contributed by atoms with van der Waals surface area (Å²) in [6, 6.07) is 9.63. The number of esters is 1. The number of rotatable bonds is 5. The predicted molar refractivity (Wildman–Crippen MR) is 105 cm³/mol. The van der Waals surface area contributed by atoms with Gasteiger partial charge in [-0.25, -0.2) is 4.79 Å². The smallest absolute Gasteiger partial charge is 0.341 e. The minimum absolute atomic E-state index is 0.101. The van der Waals surface area contributed by atoms with Crippen LogP contribution in [-0.4, -0.2) is 18.5 Å². The first kappa shape index (κ1) is 18.6. The van der Waals surface area contributed by atoms with Crippen LogP contribution in [0.15, 0.2) is 30.3 Å². The fraction of sp³-hybridized carbons (Fsp3) is 0.429. The van der Waals surface area contributed by atoms with Gasteiger partial charge in [-0.3, -0.25) is 4.79 Å². The maximum absolute atomic E-state index is 12.6. The molecule has 0 saturated heterocycles. The van der Waals surface area contributed by atoms with Crippen LogP contribution in [0.25, 0.3) is 0 Å². The van der Waals surface area contributed by atoms with E-state index in [1.807, 2.05) is 37.3 Å². The number of anilines is 1. The molecule has 1 amide bonds. The van der Waals surface area contributed by atoms with Crippen molar-refractivity contribution in [2.24, 2.45) is 0 Å². The van der Waals surface area contributed by atoms with Gasteiger partial charge in [0.25, 0.3) is 0 Å². The molecule has 0 saturated carbocycles. The van der Waals surface area contributed by atoms with Crippen molar-refractivity contribution in [3.05, 3.63) is 51.9 Å². The molecule has 0 aliphatic heterocycles. The summed E-state index contributed by atoms with van der Waals surface area (Å²) in [5.74, 6) is -0.420. The number of carbonyl (C=O) groups excluding carboxylic acids is 2. The number of hydrogen-bond donors (Lipinski definition) is 1. The number of hydrogen-bond acceptors (Lipinski definition) is 4. The summed E-state index contributed by atoms with van der Waals surface area (Å²) in [4.78, 5) is 26.3. The maximum Gasteiger partial charge on any atom is 0.341 e. The Labute approximate surface area is 158 Å². The number of carbonyl (C=O) groups is 2. The van der Waals surface area contributed by atoms with Crippen LogP contribution in [0.4, 0.5) is 5.00 Å². The van der Waals surface area contributed by atoms with Gasteiger partial charge in [-0.1, -0.05) is 43.2 Å². The molecule has 1 N–H and O–H groups in total. The fourth-order valence-corrected chi connectivity index (χ4v) is 4.67. The Hall–Kier alpha value is -2.14. The van der Waals surface area contributed by atoms with E-state index in [0.29, 0.717) is 23.6 Å². The van der Waals surface area contributed by atoms with Crippen LogP contribution in [0.3, 0.4) is 0 Å². The van der Waals surface area contributed by atoms with Crippen LogP contribution in [-0.2, 0) is 28.8 Å². The van der Waals surface area contributed by atoms with E-state index in [9.17, 15) is 9.59 Å². The monoisotopic (exact) mass is 371 g/mol. The molecule has 1 aromatic heterocycles. The summed E-state index contributed by atoms with van der Waals surface area (Å²) in [7, 11) is 0. The minimum Gasteiger partial charge on any atom is -0.462 e. The van der Waals surface area contributed by atoms with Gasteiger partial charge in [0.15, 0.2) is 0 Å². The second-order valence-electron chi connectivity index (χ2n) is 6.55. The van der Waals surface area contributed by atoms with Gasteiger partial charge in [-0.2, -0.15) is 0 Å². The first-order valence-electron chi connectivity index (χ1n) is 9.34. The number of benzene rings is 1. The van der Waals surface area contributed by atoms with Crippen molar-refractivity contribution in [3.63, 3.8) is 0 Å². The van der Waals surface area contributed by atoms with E-state index in [2.05, 4.69) is 5.32 Å². The average Bonchev–Trinajstić information content (AvgIpc) is 2.92. The molecule has 5 heteroatoms. The third-order valence-electron chi connectivity index (χ3n) is 4.61. The van der Waals surface area contributed by atoms with Crippen molar-refractivity contribution in [2.75, 3.05) is 11.9 Å². The van der Waals surface area contributed by atoms with Gasteiger partial charge >= 0.3 is 5.97 Å². The predicted octanol–water partition coefficient (Wildman–Crippen LogP) is 4.77. The Morgan fingerprint density at radius 1 is 1.08 bits per heavy atom. The molecule has 1 heterocycles. The fourth-order valence-electron chi connectivity index (χ4n) is 3.38. The molecule has 0 spiro atoms. The summed E-state index contributed by atoms with van der Waals surface area (Å²) in [5, 5.41) is 3.62.